The van der Waals surface area contributed by atoms with Gasteiger partial charge in [0.05, 0.1) is 13.2 Å². The molecule has 1 saturated heterocycles. The van der Waals surface area contributed by atoms with Crippen LogP contribution in [0.1, 0.15) is 13.8 Å². The van der Waals surface area contributed by atoms with Gasteiger partial charge in [0.2, 0.25) is 6.29 Å². The average molecular weight is 492 g/mol. The lowest BCUT2D eigenvalue weighted by molar-refractivity contribution is -0.135. The standard InChI is InChI=1S/C18H30N5O7PS/c1-12(24)32-10-9-28-31(27,21(3)4)29-11-13-15(25)18(2,26)16(30-13)23-8-7-22-14(19)5-6-20-17(22)23/h5-8,13,15-17,25-26H,9-11,19H2,1-4H3/t13-,15?,16-,17?,18+,31?/m1/s1. The molecule has 0 spiro atoms. The van der Waals surface area contributed by atoms with Gasteiger partial charge in [-0.2, -0.15) is 0 Å². The molecular formula is C18H30N5O7PS. The summed E-state index contributed by atoms with van der Waals surface area (Å²) in [5, 5.41) is 21.7. The molecule has 12 nitrogen and oxygen atoms in total. The molecule has 4 N–H and O–H groups in total. The van der Waals surface area contributed by atoms with Crippen LogP contribution in [0, 0.1) is 0 Å². The fourth-order valence-corrected chi connectivity index (χ4v) is 5.24. The van der Waals surface area contributed by atoms with Gasteiger partial charge in [-0.15, -0.1) is 0 Å². The minimum atomic E-state index is -3.70. The fraction of sp³-hybridized carbons (Fsp3) is 0.667. The Kier molecular flexibility index (Phi) is 7.73. The monoisotopic (exact) mass is 491 g/mol. The van der Waals surface area contributed by atoms with Gasteiger partial charge in [0.15, 0.2) is 11.3 Å². The van der Waals surface area contributed by atoms with E-state index >= 15 is 0 Å². The molecule has 14 heteroatoms. The van der Waals surface area contributed by atoms with Crippen molar-refractivity contribution in [2.45, 2.75) is 44.2 Å². The predicted octanol–water partition coefficient (Wildman–Crippen LogP) is 0.0627. The van der Waals surface area contributed by atoms with Crippen molar-refractivity contribution in [3.05, 3.63) is 24.3 Å². The average Bonchev–Trinajstić information content (AvgIpc) is 3.24. The van der Waals surface area contributed by atoms with Gasteiger partial charge in [0.25, 0.3) is 0 Å². The summed E-state index contributed by atoms with van der Waals surface area (Å²) in [7, 11) is -0.628. The first-order valence-electron chi connectivity index (χ1n) is 9.96. The maximum absolute atomic E-state index is 13.1. The number of allylic oxidation sites excluding steroid dienone is 1. The first-order valence-corrected chi connectivity index (χ1v) is 12.4. The van der Waals surface area contributed by atoms with Gasteiger partial charge in [-0.3, -0.25) is 18.7 Å². The molecule has 6 atom stereocenters. The van der Waals surface area contributed by atoms with E-state index < -0.39 is 38.1 Å². The number of hydrogen-bond acceptors (Lipinski definition) is 12. The van der Waals surface area contributed by atoms with Crippen molar-refractivity contribution in [3.8, 4) is 0 Å². The molecule has 3 aliphatic rings. The number of aliphatic hydroxyl groups is 2. The third kappa shape index (κ3) is 5.05. The van der Waals surface area contributed by atoms with Gasteiger partial charge in [0.1, 0.15) is 23.6 Å². The topological polar surface area (TPSA) is 150 Å². The molecule has 3 aliphatic heterocycles. The number of aliphatic hydroxyl groups excluding tert-OH is 1. The quantitative estimate of drug-likeness (QED) is 0.296. The van der Waals surface area contributed by atoms with Crippen molar-refractivity contribution in [1.29, 1.82) is 0 Å². The molecule has 32 heavy (non-hydrogen) atoms. The molecule has 3 unspecified atom stereocenters. The van der Waals surface area contributed by atoms with Crippen LogP contribution in [0.25, 0.3) is 0 Å². The summed E-state index contributed by atoms with van der Waals surface area (Å²) in [6, 6.07) is 0. The van der Waals surface area contributed by atoms with Crippen LogP contribution in [-0.4, -0.2) is 99.4 Å². The van der Waals surface area contributed by atoms with Crippen LogP contribution >= 0.6 is 19.5 Å². The third-order valence-electron chi connectivity index (χ3n) is 5.24. The van der Waals surface area contributed by atoms with Gasteiger partial charge in [-0.25, -0.2) is 14.2 Å². The number of ether oxygens (including phenoxy) is 1. The summed E-state index contributed by atoms with van der Waals surface area (Å²) < 4.78 is 31.3. The third-order valence-corrected chi connectivity index (χ3v) is 7.98. The molecule has 0 aliphatic carbocycles. The van der Waals surface area contributed by atoms with Crippen molar-refractivity contribution in [1.82, 2.24) is 14.5 Å². The van der Waals surface area contributed by atoms with Crippen molar-refractivity contribution in [2.24, 2.45) is 10.7 Å². The van der Waals surface area contributed by atoms with Crippen molar-refractivity contribution in [2.75, 3.05) is 33.1 Å². The lowest BCUT2D eigenvalue weighted by Crippen LogP contribution is -2.55. The number of aliphatic imine (C=N–C) groups is 1. The number of rotatable bonds is 9. The van der Waals surface area contributed by atoms with Crippen LogP contribution in [0.15, 0.2) is 29.3 Å². The highest BCUT2D eigenvalue weighted by Gasteiger charge is 2.56. The first kappa shape index (κ1) is 25.2. The minimum absolute atomic E-state index is 0.0388. The zero-order chi connectivity index (χ0) is 23.7. The summed E-state index contributed by atoms with van der Waals surface area (Å²) in [6.07, 6.45) is 2.74. The Balaban J connectivity index is 1.64. The highest BCUT2D eigenvalue weighted by molar-refractivity contribution is 8.13. The Hall–Kier alpha value is -1.44. The van der Waals surface area contributed by atoms with Gasteiger partial charge in [0, 0.05) is 31.3 Å². The fourth-order valence-electron chi connectivity index (χ4n) is 3.47. The number of hydrogen-bond donors (Lipinski definition) is 3. The Morgan fingerprint density at radius 1 is 1.44 bits per heavy atom. The summed E-state index contributed by atoms with van der Waals surface area (Å²) in [5.74, 6) is 0.807. The second-order valence-electron chi connectivity index (χ2n) is 7.87. The Bertz CT molecular complexity index is 852. The number of nitrogens with two attached hydrogens (primary N) is 1. The SMILES string of the molecule is CC(=O)SCCOP(=O)(OC[C@H]1O[C@@H](N2C=CN3C(N)=CC=NC32)[C@@](C)(O)C1O)N(C)C. The highest BCUT2D eigenvalue weighted by Crippen LogP contribution is 2.51. The van der Waals surface area contributed by atoms with Crippen LogP contribution in [0.4, 0.5) is 0 Å². The molecule has 0 saturated carbocycles. The smallest absolute Gasteiger partial charge is 0.387 e. The zero-order valence-electron chi connectivity index (χ0n) is 18.4. The van der Waals surface area contributed by atoms with Crippen molar-refractivity contribution in [3.63, 3.8) is 0 Å². The molecule has 3 rings (SSSR count). The van der Waals surface area contributed by atoms with E-state index in [4.69, 9.17) is 19.5 Å². The van der Waals surface area contributed by atoms with Crippen LogP contribution in [0.2, 0.25) is 0 Å². The van der Waals surface area contributed by atoms with E-state index in [-0.39, 0.29) is 18.3 Å². The maximum Gasteiger partial charge on any atom is 0.407 e. The molecule has 1 fully saturated rings. The van der Waals surface area contributed by atoms with E-state index in [1.54, 1.807) is 34.5 Å². The van der Waals surface area contributed by atoms with Gasteiger partial charge in [-0.05, 0) is 27.1 Å². The largest absolute Gasteiger partial charge is 0.407 e. The Labute approximate surface area is 191 Å². The van der Waals surface area contributed by atoms with E-state index in [0.29, 0.717) is 11.6 Å². The van der Waals surface area contributed by atoms with Crippen LogP contribution in [0.5, 0.6) is 0 Å². The van der Waals surface area contributed by atoms with E-state index in [0.717, 1.165) is 11.8 Å². The van der Waals surface area contributed by atoms with Gasteiger partial charge < -0.3 is 25.6 Å². The van der Waals surface area contributed by atoms with E-state index in [2.05, 4.69) is 4.99 Å². The molecule has 0 amide bonds. The molecule has 0 aromatic carbocycles. The van der Waals surface area contributed by atoms with Gasteiger partial charge >= 0.3 is 7.75 Å². The molecule has 0 aromatic heterocycles. The van der Waals surface area contributed by atoms with E-state index in [1.807, 2.05) is 0 Å². The highest BCUT2D eigenvalue weighted by atomic mass is 32.2. The summed E-state index contributed by atoms with van der Waals surface area (Å²) >= 11 is 1.05. The molecule has 0 bridgehead atoms. The Morgan fingerprint density at radius 3 is 2.81 bits per heavy atom. The van der Waals surface area contributed by atoms with E-state index in [9.17, 15) is 19.6 Å². The molecule has 0 aromatic rings. The number of carbonyl (C=O) groups excluding carboxylic acids is 1. The zero-order valence-corrected chi connectivity index (χ0v) is 20.1. The second-order valence-corrected chi connectivity index (χ2v) is 11.4. The molecule has 180 valence electrons. The molecule has 0 radical (unpaired) electrons. The second kappa shape index (κ2) is 9.82. The number of nitrogens with zero attached hydrogens (tertiary/aromatic N) is 4. The van der Waals surface area contributed by atoms with Crippen molar-refractivity contribution >= 4 is 30.8 Å². The first-order chi connectivity index (χ1) is 15.0. The van der Waals surface area contributed by atoms with Gasteiger partial charge in [-0.1, -0.05) is 11.8 Å². The maximum atomic E-state index is 13.1. The summed E-state index contributed by atoms with van der Waals surface area (Å²) in [6.45, 7) is 2.63. The lowest BCUT2D eigenvalue weighted by Gasteiger charge is -2.38. The van der Waals surface area contributed by atoms with Crippen molar-refractivity contribution < 1.29 is 33.4 Å². The lowest BCUT2D eigenvalue weighted by atomic mass is 9.96. The number of carbonyl (C=O) groups is 1. The van der Waals surface area contributed by atoms with Crippen LogP contribution < -0.4 is 5.73 Å². The Morgan fingerprint density at radius 2 is 2.16 bits per heavy atom. The van der Waals surface area contributed by atoms with Crippen LogP contribution in [0.3, 0.4) is 0 Å². The normalized spacial score (nSPS) is 33.5. The summed E-state index contributed by atoms with van der Waals surface area (Å²) in [4.78, 5) is 18.7. The molecular weight excluding hydrogens is 461 g/mol. The number of thioether (sulfide) groups is 1. The van der Waals surface area contributed by atoms with E-state index in [1.165, 1.54) is 32.6 Å². The summed E-state index contributed by atoms with van der Waals surface area (Å²) in [5.41, 5.74) is 4.29. The van der Waals surface area contributed by atoms with Crippen LogP contribution in [-0.2, 0) is 23.1 Å². The predicted molar refractivity (Wildman–Crippen MR) is 119 cm³/mol. The minimum Gasteiger partial charge on any atom is -0.387 e. The molecule has 3 heterocycles. The number of fused-ring (bicyclic) bond motifs is 1.